The van der Waals surface area contributed by atoms with Crippen molar-refractivity contribution in [1.29, 1.82) is 0 Å². The van der Waals surface area contributed by atoms with E-state index in [4.69, 9.17) is 18.9 Å². The standard InChI is InChI=1S/C26H32N2O10/c1-35-14-5-3-4-13(10-14)28-8-6-27(7-9-28)11-15-17-18(21(32)24(36-2)19(15)30)23-25(38-26(17)34)22(33)20(31)16(12-29)37-23/h3-5,10,16,20,22-23,25,29-33H,6-9,11-12H2,1-2H3/t16-,20-,22+,23+,25-/m1/s1. The van der Waals surface area contributed by atoms with Gasteiger partial charge in [0.05, 0.1) is 26.4 Å². The molecule has 0 aliphatic carbocycles. The van der Waals surface area contributed by atoms with E-state index in [2.05, 4.69) is 9.80 Å². The molecule has 3 heterocycles. The average Bonchev–Trinajstić information content (AvgIpc) is 2.93. The molecular weight excluding hydrogens is 500 g/mol. The molecule has 12 nitrogen and oxygen atoms in total. The fraction of sp³-hybridized carbons (Fsp3) is 0.500. The van der Waals surface area contributed by atoms with Crippen molar-refractivity contribution in [3.63, 3.8) is 0 Å². The number of aromatic hydroxyl groups is 2. The van der Waals surface area contributed by atoms with Crippen molar-refractivity contribution in [1.82, 2.24) is 4.90 Å². The number of methoxy groups -OCH3 is 2. The summed E-state index contributed by atoms with van der Waals surface area (Å²) in [6.07, 6.45) is -6.76. The first kappa shape index (κ1) is 26.3. The normalized spacial score (nSPS) is 27.3. The van der Waals surface area contributed by atoms with Crippen molar-refractivity contribution < 1.29 is 49.3 Å². The fourth-order valence-electron chi connectivity index (χ4n) is 5.46. The van der Waals surface area contributed by atoms with Crippen molar-refractivity contribution in [2.24, 2.45) is 0 Å². The van der Waals surface area contributed by atoms with Crippen LogP contribution in [-0.2, 0) is 16.0 Å². The molecule has 2 saturated heterocycles. The Balaban J connectivity index is 1.45. The number of piperazine rings is 1. The molecule has 0 unspecified atom stereocenters. The highest BCUT2D eigenvalue weighted by Gasteiger charge is 2.53. The first-order valence-corrected chi connectivity index (χ1v) is 12.4. The monoisotopic (exact) mass is 532 g/mol. The van der Waals surface area contributed by atoms with E-state index in [0.717, 1.165) is 11.4 Å². The second kappa shape index (κ2) is 10.5. The van der Waals surface area contributed by atoms with Gasteiger partial charge in [0.25, 0.3) is 0 Å². The lowest BCUT2D eigenvalue weighted by atomic mass is 9.84. The van der Waals surface area contributed by atoms with Crippen LogP contribution < -0.4 is 14.4 Å². The van der Waals surface area contributed by atoms with Crippen LogP contribution in [0.1, 0.15) is 27.6 Å². The number of rotatable bonds is 6. The quantitative estimate of drug-likeness (QED) is 0.320. The van der Waals surface area contributed by atoms with Gasteiger partial charge in [-0.2, -0.15) is 0 Å². The second-order valence-corrected chi connectivity index (χ2v) is 9.59. The highest BCUT2D eigenvalue weighted by atomic mass is 16.6. The number of ether oxygens (including phenoxy) is 4. The molecule has 0 radical (unpaired) electrons. The Hall–Kier alpha value is -3.29. The predicted molar refractivity (Wildman–Crippen MR) is 133 cm³/mol. The van der Waals surface area contributed by atoms with Gasteiger partial charge in [0.15, 0.2) is 17.6 Å². The highest BCUT2D eigenvalue weighted by molar-refractivity contribution is 5.97. The summed E-state index contributed by atoms with van der Waals surface area (Å²) >= 11 is 0. The number of hydrogen-bond donors (Lipinski definition) is 5. The van der Waals surface area contributed by atoms with Crippen molar-refractivity contribution in [3.8, 4) is 23.0 Å². The molecule has 2 aromatic carbocycles. The van der Waals surface area contributed by atoms with Gasteiger partial charge in [0.2, 0.25) is 5.75 Å². The fourth-order valence-corrected chi connectivity index (χ4v) is 5.46. The zero-order valence-corrected chi connectivity index (χ0v) is 21.1. The predicted octanol–water partition coefficient (Wildman–Crippen LogP) is 0.130. The lowest BCUT2D eigenvalue weighted by molar-refractivity contribution is -0.235. The van der Waals surface area contributed by atoms with Crippen LogP contribution in [0.15, 0.2) is 24.3 Å². The SMILES string of the molecule is COc1cccc(N2CCN(Cc3c(O)c(OC)c(O)c4c3C(=O)O[C@@H]3[C@@H](O)[C@H](O)[C@@H](CO)O[C@@H]43)CC2)c1. The van der Waals surface area contributed by atoms with E-state index in [1.165, 1.54) is 7.11 Å². The number of hydrogen-bond acceptors (Lipinski definition) is 12. The first-order chi connectivity index (χ1) is 18.3. The van der Waals surface area contributed by atoms with Gasteiger partial charge < -0.3 is 49.4 Å². The van der Waals surface area contributed by atoms with Crippen molar-refractivity contribution in [2.45, 2.75) is 37.1 Å². The molecule has 206 valence electrons. The molecular formula is C26H32N2O10. The van der Waals surface area contributed by atoms with E-state index in [1.807, 2.05) is 24.3 Å². The Labute approximate surface area is 219 Å². The van der Waals surface area contributed by atoms with Crippen LogP contribution in [0.5, 0.6) is 23.0 Å². The zero-order valence-electron chi connectivity index (χ0n) is 21.1. The van der Waals surface area contributed by atoms with Gasteiger partial charge >= 0.3 is 5.97 Å². The number of aliphatic hydroxyl groups excluding tert-OH is 3. The molecule has 0 bridgehead atoms. The summed E-state index contributed by atoms with van der Waals surface area (Å²) in [6, 6.07) is 7.78. The van der Waals surface area contributed by atoms with E-state index in [1.54, 1.807) is 7.11 Å². The number of anilines is 1. The highest BCUT2D eigenvalue weighted by Crippen LogP contribution is 2.52. The van der Waals surface area contributed by atoms with Gasteiger partial charge in [-0.3, -0.25) is 4.90 Å². The van der Waals surface area contributed by atoms with Crippen molar-refractivity contribution in [2.75, 3.05) is 51.9 Å². The van der Waals surface area contributed by atoms with Gasteiger partial charge in [0.1, 0.15) is 30.2 Å². The molecule has 5 N–H and O–H groups in total. The van der Waals surface area contributed by atoms with Crippen LogP contribution >= 0.6 is 0 Å². The van der Waals surface area contributed by atoms with Crippen LogP contribution in [-0.4, -0.2) is 108 Å². The lowest BCUT2D eigenvalue weighted by Crippen LogP contribution is -2.58. The topological polar surface area (TPSA) is 162 Å². The molecule has 38 heavy (non-hydrogen) atoms. The molecule has 5 rings (SSSR count). The number of esters is 1. The molecule has 3 aliphatic heterocycles. The molecule has 0 aromatic heterocycles. The van der Waals surface area contributed by atoms with E-state index in [0.29, 0.717) is 26.2 Å². The second-order valence-electron chi connectivity index (χ2n) is 9.59. The molecule has 0 amide bonds. The van der Waals surface area contributed by atoms with E-state index >= 15 is 0 Å². The molecule has 2 fully saturated rings. The Kier molecular flexibility index (Phi) is 7.25. The molecule has 5 atom stereocenters. The maximum atomic E-state index is 13.2. The number of nitrogens with zero attached hydrogens (tertiary/aromatic N) is 2. The first-order valence-electron chi connectivity index (χ1n) is 12.4. The van der Waals surface area contributed by atoms with Gasteiger partial charge in [-0.15, -0.1) is 0 Å². The minimum absolute atomic E-state index is 0.0182. The number of phenolic OH excluding ortho intramolecular Hbond substituents is 2. The summed E-state index contributed by atoms with van der Waals surface area (Å²) in [4.78, 5) is 17.5. The van der Waals surface area contributed by atoms with Crippen LogP contribution in [0, 0.1) is 0 Å². The Morgan fingerprint density at radius 3 is 2.42 bits per heavy atom. The summed E-state index contributed by atoms with van der Waals surface area (Å²) in [5, 5.41) is 52.5. The number of aliphatic hydroxyl groups is 3. The third-order valence-corrected chi connectivity index (χ3v) is 7.52. The molecule has 0 spiro atoms. The molecule has 0 saturated carbocycles. The molecule has 12 heteroatoms. The summed E-state index contributed by atoms with van der Waals surface area (Å²) in [7, 11) is 2.89. The number of carbonyl (C=O) groups excluding carboxylic acids is 1. The van der Waals surface area contributed by atoms with Crippen LogP contribution in [0.3, 0.4) is 0 Å². The summed E-state index contributed by atoms with van der Waals surface area (Å²) in [5.41, 5.74) is 1.12. The van der Waals surface area contributed by atoms with E-state index in [-0.39, 0.29) is 29.0 Å². The van der Waals surface area contributed by atoms with Crippen LogP contribution in [0.25, 0.3) is 0 Å². The van der Waals surface area contributed by atoms with Crippen molar-refractivity contribution >= 4 is 11.7 Å². The Bertz CT molecular complexity index is 1200. The largest absolute Gasteiger partial charge is 0.504 e. The maximum absolute atomic E-state index is 13.2. The minimum Gasteiger partial charge on any atom is -0.504 e. The van der Waals surface area contributed by atoms with Crippen molar-refractivity contribution in [3.05, 3.63) is 41.0 Å². The Morgan fingerprint density at radius 1 is 1.03 bits per heavy atom. The van der Waals surface area contributed by atoms with Gasteiger partial charge in [-0.05, 0) is 12.1 Å². The van der Waals surface area contributed by atoms with Crippen LogP contribution in [0.2, 0.25) is 0 Å². The molecule has 2 aromatic rings. The summed E-state index contributed by atoms with van der Waals surface area (Å²) in [6.45, 7) is 2.15. The summed E-state index contributed by atoms with van der Waals surface area (Å²) in [5.74, 6) is -1.28. The summed E-state index contributed by atoms with van der Waals surface area (Å²) < 4.78 is 21.8. The number of carbonyl (C=O) groups is 1. The smallest absolute Gasteiger partial charge is 0.339 e. The minimum atomic E-state index is -1.56. The van der Waals surface area contributed by atoms with E-state index in [9.17, 15) is 30.3 Å². The van der Waals surface area contributed by atoms with Crippen LogP contribution in [0.4, 0.5) is 5.69 Å². The Morgan fingerprint density at radius 2 is 1.76 bits per heavy atom. The van der Waals surface area contributed by atoms with E-state index < -0.39 is 54.6 Å². The third-order valence-electron chi connectivity index (χ3n) is 7.52. The third kappa shape index (κ3) is 4.37. The maximum Gasteiger partial charge on any atom is 0.339 e. The number of fused-ring (bicyclic) bond motifs is 3. The molecule has 3 aliphatic rings. The lowest BCUT2D eigenvalue weighted by Gasteiger charge is -2.45. The zero-order chi connectivity index (χ0) is 27.1. The number of benzene rings is 2. The average molecular weight is 533 g/mol. The van der Waals surface area contributed by atoms with Gasteiger partial charge in [0, 0.05) is 55.6 Å². The van der Waals surface area contributed by atoms with Gasteiger partial charge in [-0.25, -0.2) is 4.79 Å². The van der Waals surface area contributed by atoms with Gasteiger partial charge in [-0.1, -0.05) is 6.07 Å². The number of phenols is 2.